The molecule has 0 bridgehead atoms. The van der Waals surface area contributed by atoms with Crippen molar-refractivity contribution in [3.63, 3.8) is 0 Å². The number of rotatable bonds is 6. The molecule has 0 fully saturated rings. The quantitative estimate of drug-likeness (QED) is 0.446. The van der Waals surface area contributed by atoms with E-state index in [0.717, 1.165) is 18.2 Å². The zero-order valence-electron chi connectivity index (χ0n) is 10.3. The Morgan fingerprint density at radius 2 is 2.16 bits per heavy atom. The van der Waals surface area contributed by atoms with Gasteiger partial charge in [-0.25, -0.2) is 4.79 Å². The van der Waals surface area contributed by atoms with Crippen LogP contribution in [0.5, 0.6) is 11.5 Å². The zero-order chi connectivity index (χ0) is 14.4. The molecular formula is C11H12FNO6. The van der Waals surface area contributed by atoms with Crippen molar-refractivity contribution < 1.29 is 28.3 Å². The van der Waals surface area contributed by atoms with Gasteiger partial charge in [-0.1, -0.05) is 0 Å². The molecule has 8 heteroatoms. The Balaban J connectivity index is 2.89. The molecule has 104 valence electrons. The first kappa shape index (κ1) is 14.7. The number of hydrogen-bond acceptors (Lipinski definition) is 6. The lowest BCUT2D eigenvalue weighted by molar-refractivity contribution is -0.385. The van der Waals surface area contributed by atoms with Gasteiger partial charge in [-0.3, -0.25) is 10.1 Å². The number of hydrogen-bond donors (Lipinski definition) is 0. The van der Waals surface area contributed by atoms with Crippen molar-refractivity contribution in [3.05, 3.63) is 28.3 Å². The number of esters is 1. The lowest BCUT2D eigenvalue weighted by atomic mass is 10.3. The lowest BCUT2D eigenvalue weighted by Crippen LogP contribution is -2.24. The molecule has 1 aromatic carbocycles. The predicted molar refractivity (Wildman–Crippen MR) is 61.8 cm³/mol. The highest BCUT2D eigenvalue weighted by Crippen LogP contribution is 2.32. The Hall–Kier alpha value is -2.38. The summed E-state index contributed by atoms with van der Waals surface area (Å²) in [5, 5.41) is 10.6. The molecule has 0 aromatic heterocycles. The van der Waals surface area contributed by atoms with Crippen molar-refractivity contribution in [2.24, 2.45) is 0 Å². The smallest absolute Gasteiger partial charge is 0.381 e. The van der Waals surface area contributed by atoms with Crippen LogP contribution in [-0.4, -0.2) is 31.0 Å². The zero-order valence-corrected chi connectivity index (χ0v) is 10.3. The topological polar surface area (TPSA) is 87.9 Å². The van der Waals surface area contributed by atoms with E-state index in [0.29, 0.717) is 0 Å². The number of nitrogens with zero attached hydrogens (tertiary/aromatic N) is 1. The molecule has 0 amide bonds. The standard InChI is InChI=1S/C11H12FNO6/c1-3-18-11(14)10(12)19-8-5-4-7(13(15)16)6-9(8)17-2/h4-6,10H,3H2,1-2H3. The minimum atomic E-state index is -2.32. The van der Waals surface area contributed by atoms with Crippen LogP contribution < -0.4 is 9.47 Å². The van der Waals surface area contributed by atoms with Crippen molar-refractivity contribution in [2.75, 3.05) is 13.7 Å². The molecule has 0 heterocycles. The van der Waals surface area contributed by atoms with Crippen molar-refractivity contribution in [2.45, 2.75) is 13.3 Å². The Morgan fingerprint density at radius 1 is 1.47 bits per heavy atom. The van der Waals surface area contributed by atoms with E-state index in [1.54, 1.807) is 0 Å². The van der Waals surface area contributed by atoms with E-state index in [-0.39, 0.29) is 23.8 Å². The molecule has 0 saturated heterocycles. The highest BCUT2D eigenvalue weighted by Gasteiger charge is 2.23. The number of nitro benzene ring substituents is 1. The van der Waals surface area contributed by atoms with Crippen molar-refractivity contribution in [1.29, 1.82) is 0 Å². The monoisotopic (exact) mass is 273 g/mol. The molecule has 0 N–H and O–H groups in total. The van der Waals surface area contributed by atoms with Gasteiger partial charge >= 0.3 is 12.3 Å². The lowest BCUT2D eigenvalue weighted by Gasteiger charge is -2.12. The fourth-order valence-electron chi connectivity index (χ4n) is 1.23. The van der Waals surface area contributed by atoms with Crippen LogP contribution in [0.15, 0.2) is 18.2 Å². The highest BCUT2D eigenvalue weighted by molar-refractivity contribution is 5.73. The van der Waals surface area contributed by atoms with Crippen molar-refractivity contribution >= 4 is 11.7 Å². The Kier molecular flexibility index (Phi) is 5.04. The Morgan fingerprint density at radius 3 is 2.68 bits per heavy atom. The number of ether oxygens (including phenoxy) is 3. The average Bonchev–Trinajstić information content (AvgIpc) is 2.39. The fraction of sp³-hybridized carbons (Fsp3) is 0.364. The third-order valence-electron chi connectivity index (χ3n) is 2.06. The number of nitro groups is 1. The average molecular weight is 273 g/mol. The summed E-state index contributed by atoms with van der Waals surface area (Å²) in [4.78, 5) is 21.0. The van der Waals surface area contributed by atoms with Gasteiger partial charge in [0.05, 0.1) is 24.7 Å². The summed E-state index contributed by atoms with van der Waals surface area (Å²) in [5.74, 6) is -1.36. The summed E-state index contributed by atoms with van der Waals surface area (Å²) in [6, 6.07) is 3.31. The molecule has 0 aliphatic rings. The van der Waals surface area contributed by atoms with Gasteiger partial charge < -0.3 is 14.2 Å². The first-order chi connectivity index (χ1) is 8.99. The summed E-state index contributed by atoms with van der Waals surface area (Å²) < 4.78 is 27.3. The number of non-ortho nitro benzene ring substituents is 1. The molecule has 1 atom stereocenters. The first-order valence-corrected chi connectivity index (χ1v) is 5.29. The van der Waals surface area contributed by atoms with Crippen LogP contribution in [0.1, 0.15) is 6.92 Å². The van der Waals surface area contributed by atoms with E-state index in [9.17, 15) is 19.3 Å². The van der Waals surface area contributed by atoms with E-state index < -0.39 is 17.3 Å². The second-order valence-electron chi connectivity index (χ2n) is 3.28. The number of methoxy groups -OCH3 is 1. The van der Waals surface area contributed by atoms with Crippen LogP contribution >= 0.6 is 0 Å². The van der Waals surface area contributed by atoms with Gasteiger partial charge in [0.2, 0.25) is 0 Å². The Labute approximate surface area is 108 Å². The van der Waals surface area contributed by atoms with Crippen LogP contribution in [-0.2, 0) is 9.53 Å². The molecule has 7 nitrogen and oxygen atoms in total. The van der Waals surface area contributed by atoms with E-state index in [1.807, 2.05) is 0 Å². The molecular weight excluding hydrogens is 261 g/mol. The maximum atomic E-state index is 13.4. The molecule has 1 unspecified atom stereocenters. The van der Waals surface area contributed by atoms with Gasteiger partial charge in [-0.2, -0.15) is 4.39 Å². The minimum absolute atomic E-state index is 0.0139. The van der Waals surface area contributed by atoms with E-state index in [1.165, 1.54) is 14.0 Å². The molecule has 1 aromatic rings. The second kappa shape index (κ2) is 6.53. The SMILES string of the molecule is CCOC(=O)C(F)Oc1ccc([N+](=O)[O-])cc1OC. The van der Waals surface area contributed by atoms with Gasteiger partial charge in [-0.15, -0.1) is 0 Å². The number of carbonyl (C=O) groups excluding carboxylic acids is 1. The van der Waals surface area contributed by atoms with Gasteiger partial charge in [0, 0.05) is 6.07 Å². The van der Waals surface area contributed by atoms with E-state index in [4.69, 9.17) is 9.47 Å². The maximum Gasteiger partial charge on any atom is 0.381 e. The first-order valence-electron chi connectivity index (χ1n) is 5.29. The van der Waals surface area contributed by atoms with Gasteiger partial charge in [0.25, 0.3) is 5.69 Å². The van der Waals surface area contributed by atoms with Gasteiger partial charge in [0.15, 0.2) is 11.5 Å². The molecule has 0 spiro atoms. The number of halogens is 1. The summed E-state index contributed by atoms with van der Waals surface area (Å²) in [6.45, 7) is 1.54. The van der Waals surface area contributed by atoms with E-state index in [2.05, 4.69) is 4.74 Å². The second-order valence-corrected chi connectivity index (χ2v) is 3.28. The van der Waals surface area contributed by atoms with Crippen LogP contribution in [0.2, 0.25) is 0 Å². The van der Waals surface area contributed by atoms with Crippen LogP contribution in [0.3, 0.4) is 0 Å². The van der Waals surface area contributed by atoms with Crippen LogP contribution in [0.4, 0.5) is 10.1 Å². The largest absolute Gasteiger partial charge is 0.493 e. The molecule has 0 radical (unpaired) electrons. The number of alkyl halides is 1. The predicted octanol–water partition coefficient (Wildman–Crippen LogP) is 1.84. The molecule has 19 heavy (non-hydrogen) atoms. The highest BCUT2D eigenvalue weighted by atomic mass is 19.1. The third-order valence-corrected chi connectivity index (χ3v) is 2.06. The summed E-state index contributed by atoms with van der Waals surface area (Å²) in [7, 11) is 1.24. The number of carbonyl (C=O) groups is 1. The third kappa shape index (κ3) is 3.80. The molecule has 0 saturated carbocycles. The molecule has 0 aliphatic heterocycles. The summed E-state index contributed by atoms with van der Waals surface area (Å²) >= 11 is 0. The van der Waals surface area contributed by atoms with Crippen LogP contribution in [0.25, 0.3) is 0 Å². The number of benzene rings is 1. The molecule has 1 rings (SSSR count). The summed E-state index contributed by atoms with van der Waals surface area (Å²) in [6.07, 6.45) is -2.32. The van der Waals surface area contributed by atoms with Gasteiger partial charge in [-0.05, 0) is 13.0 Å². The van der Waals surface area contributed by atoms with E-state index >= 15 is 0 Å². The van der Waals surface area contributed by atoms with Gasteiger partial charge in [0.1, 0.15) is 0 Å². The van der Waals surface area contributed by atoms with Crippen LogP contribution in [0, 0.1) is 10.1 Å². The maximum absolute atomic E-state index is 13.4. The summed E-state index contributed by atoms with van der Waals surface area (Å²) in [5.41, 5.74) is -0.240. The molecule has 0 aliphatic carbocycles. The van der Waals surface area contributed by atoms with Crippen molar-refractivity contribution in [3.8, 4) is 11.5 Å². The van der Waals surface area contributed by atoms with Crippen molar-refractivity contribution in [1.82, 2.24) is 0 Å². The Bertz CT molecular complexity index is 478. The normalized spacial score (nSPS) is 11.5. The fourth-order valence-corrected chi connectivity index (χ4v) is 1.23. The minimum Gasteiger partial charge on any atom is -0.493 e.